The Morgan fingerprint density at radius 1 is 1.22 bits per heavy atom. The normalized spacial score (nSPS) is 34.3. The molecular weight excluding hydrogens is 286 g/mol. The number of nitrogens with one attached hydrogen (secondary N) is 2. The van der Waals surface area contributed by atoms with Gasteiger partial charge in [-0.2, -0.15) is 0 Å². The van der Waals surface area contributed by atoms with E-state index in [0.717, 1.165) is 23.4 Å². The number of hydrogen-bond donors (Lipinski definition) is 3. The van der Waals surface area contributed by atoms with Gasteiger partial charge in [0.05, 0.1) is 0 Å². The highest BCUT2D eigenvalue weighted by molar-refractivity contribution is 5.93. The van der Waals surface area contributed by atoms with Crippen molar-refractivity contribution in [2.45, 2.75) is 44.9 Å². The van der Waals surface area contributed by atoms with Gasteiger partial charge in [-0.15, -0.1) is 0 Å². The molecule has 0 atom stereocenters. The Hall–Kier alpha value is -1.84. The lowest BCUT2D eigenvalue weighted by Crippen LogP contribution is -2.47. The molecule has 0 unspecified atom stereocenters. The molecule has 4 heteroatoms. The van der Waals surface area contributed by atoms with Crippen LogP contribution < -0.4 is 11.1 Å². The zero-order valence-corrected chi connectivity index (χ0v) is 13.5. The molecule has 1 amide bonds. The smallest absolute Gasteiger partial charge is 0.224 e. The molecule has 0 aliphatic heterocycles. The number of carbonyl (C=O) groups excluding carboxylic acids is 1. The van der Waals surface area contributed by atoms with Crippen molar-refractivity contribution in [2.75, 3.05) is 11.1 Å². The zero-order valence-electron chi connectivity index (χ0n) is 13.5. The van der Waals surface area contributed by atoms with Gasteiger partial charge in [-0.25, -0.2) is 0 Å². The Labute approximate surface area is 137 Å². The molecule has 0 saturated heterocycles. The second kappa shape index (κ2) is 5.36. The molecule has 0 radical (unpaired) electrons. The van der Waals surface area contributed by atoms with Gasteiger partial charge < -0.3 is 16.5 Å². The van der Waals surface area contributed by atoms with E-state index in [1.807, 2.05) is 6.07 Å². The fraction of sp³-hybridized carbons (Fsp3) is 0.579. The standard InChI is InChI=1S/C19H25N3O/c20-11-15-1-2-16(6-17(15)21)22-18(23)10-19-7-12-3-13(8-19)5-14(4-12)9-19/h1-2,6,11-14,20H,3-5,7-10,21H2,(H,22,23). The summed E-state index contributed by atoms with van der Waals surface area (Å²) in [5.74, 6) is 2.73. The van der Waals surface area contributed by atoms with Crippen molar-refractivity contribution in [3.63, 3.8) is 0 Å². The predicted molar refractivity (Wildman–Crippen MR) is 92.6 cm³/mol. The van der Waals surface area contributed by atoms with Gasteiger partial charge in [0.1, 0.15) is 0 Å². The first-order valence-corrected chi connectivity index (χ1v) is 8.75. The van der Waals surface area contributed by atoms with Crippen LogP contribution in [0, 0.1) is 28.6 Å². The molecule has 5 rings (SSSR count). The quantitative estimate of drug-likeness (QED) is 0.584. The average Bonchev–Trinajstić information content (AvgIpc) is 2.45. The van der Waals surface area contributed by atoms with Crippen LogP contribution in [0.3, 0.4) is 0 Å². The third kappa shape index (κ3) is 2.75. The van der Waals surface area contributed by atoms with Crippen LogP contribution in [0.15, 0.2) is 18.2 Å². The Balaban J connectivity index is 1.44. The molecule has 0 heterocycles. The molecule has 1 aromatic carbocycles. The maximum atomic E-state index is 12.6. The molecule has 4 aliphatic carbocycles. The van der Waals surface area contributed by atoms with Gasteiger partial charge in [-0.1, -0.05) is 0 Å². The summed E-state index contributed by atoms with van der Waals surface area (Å²) in [6, 6.07) is 5.36. The van der Waals surface area contributed by atoms with Gasteiger partial charge in [-0.3, -0.25) is 4.79 Å². The summed E-state index contributed by atoms with van der Waals surface area (Å²) in [5, 5.41) is 10.3. The van der Waals surface area contributed by atoms with Crippen LogP contribution in [-0.2, 0) is 4.79 Å². The Kier molecular flexibility index (Phi) is 3.43. The minimum absolute atomic E-state index is 0.119. The zero-order chi connectivity index (χ0) is 16.0. The van der Waals surface area contributed by atoms with Gasteiger partial charge in [0.15, 0.2) is 0 Å². The first kappa shape index (κ1) is 14.7. The van der Waals surface area contributed by atoms with Gasteiger partial charge in [-0.05, 0) is 79.9 Å². The highest BCUT2D eigenvalue weighted by Crippen LogP contribution is 2.61. The van der Waals surface area contributed by atoms with E-state index in [1.54, 1.807) is 12.1 Å². The van der Waals surface area contributed by atoms with Crippen molar-refractivity contribution in [3.8, 4) is 0 Å². The number of benzene rings is 1. The number of nitrogen functional groups attached to an aromatic ring is 1. The summed E-state index contributed by atoms with van der Waals surface area (Å²) in [6.07, 6.45) is 9.86. The van der Waals surface area contributed by atoms with Crippen molar-refractivity contribution in [2.24, 2.45) is 23.2 Å². The van der Waals surface area contributed by atoms with Crippen molar-refractivity contribution in [1.29, 1.82) is 5.41 Å². The van der Waals surface area contributed by atoms with Gasteiger partial charge in [0.25, 0.3) is 0 Å². The minimum atomic E-state index is 0.119. The summed E-state index contributed by atoms with van der Waals surface area (Å²) >= 11 is 0. The van der Waals surface area contributed by atoms with E-state index in [2.05, 4.69) is 5.32 Å². The van der Waals surface area contributed by atoms with Crippen molar-refractivity contribution in [1.82, 2.24) is 0 Å². The lowest BCUT2D eigenvalue weighted by atomic mass is 9.49. The van der Waals surface area contributed by atoms with Gasteiger partial charge in [0.2, 0.25) is 5.91 Å². The van der Waals surface area contributed by atoms with Crippen LogP contribution in [0.1, 0.15) is 50.5 Å². The number of hydrogen-bond acceptors (Lipinski definition) is 3. The van der Waals surface area contributed by atoms with Gasteiger partial charge in [0, 0.05) is 29.6 Å². The second-order valence-corrected chi connectivity index (χ2v) is 8.13. The average molecular weight is 311 g/mol. The van der Waals surface area contributed by atoms with Crippen LogP contribution in [0.5, 0.6) is 0 Å². The first-order valence-electron chi connectivity index (χ1n) is 8.75. The van der Waals surface area contributed by atoms with Crippen molar-refractivity contribution in [3.05, 3.63) is 23.8 Å². The molecular formula is C19H25N3O. The van der Waals surface area contributed by atoms with E-state index in [-0.39, 0.29) is 11.3 Å². The fourth-order valence-electron chi connectivity index (χ4n) is 5.84. The summed E-state index contributed by atoms with van der Waals surface area (Å²) in [6.45, 7) is 0. The second-order valence-electron chi connectivity index (χ2n) is 8.13. The summed E-state index contributed by atoms with van der Waals surface area (Å²) in [4.78, 5) is 12.6. The summed E-state index contributed by atoms with van der Waals surface area (Å²) < 4.78 is 0. The topological polar surface area (TPSA) is 79.0 Å². The summed E-state index contributed by atoms with van der Waals surface area (Å²) in [5.41, 5.74) is 8.11. The third-order valence-electron chi connectivity index (χ3n) is 6.23. The van der Waals surface area contributed by atoms with Crippen LogP contribution in [0.4, 0.5) is 11.4 Å². The molecule has 4 aliphatic rings. The van der Waals surface area contributed by atoms with Crippen molar-refractivity contribution >= 4 is 23.5 Å². The molecule has 4 N–H and O–H groups in total. The Morgan fingerprint density at radius 3 is 2.35 bits per heavy atom. The van der Waals surface area contributed by atoms with Crippen LogP contribution in [0.25, 0.3) is 0 Å². The number of amides is 1. The number of carbonyl (C=O) groups is 1. The predicted octanol–water partition coefficient (Wildman–Crippen LogP) is 3.81. The fourth-order valence-corrected chi connectivity index (χ4v) is 5.84. The van der Waals surface area contributed by atoms with Crippen molar-refractivity contribution < 1.29 is 4.79 Å². The van der Waals surface area contributed by atoms with E-state index in [4.69, 9.17) is 11.1 Å². The molecule has 0 spiro atoms. The molecule has 1 aromatic rings. The monoisotopic (exact) mass is 311 g/mol. The molecule has 4 saturated carbocycles. The lowest BCUT2D eigenvalue weighted by molar-refractivity contribution is -0.124. The van der Waals surface area contributed by atoms with Crippen LogP contribution >= 0.6 is 0 Å². The lowest BCUT2D eigenvalue weighted by Gasteiger charge is -2.56. The maximum absolute atomic E-state index is 12.6. The molecule has 0 aromatic heterocycles. The first-order chi connectivity index (χ1) is 11.0. The van der Waals surface area contributed by atoms with E-state index in [0.29, 0.717) is 17.7 Å². The van der Waals surface area contributed by atoms with Gasteiger partial charge >= 0.3 is 0 Å². The molecule has 122 valence electrons. The van der Waals surface area contributed by atoms with Crippen LogP contribution in [0.2, 0.25) is 0 Å². The maximum Gasteiger partial charge on any atom is 0.224 e. The summed E-state index contributed by atoms with van der Waals surface area (Å²) in [7, 11) is 0. The number of nitrogens with two attached hydrogens (primary N) is 1. The molecule has 4 fully saturated rings. The molecule has 4 bridgehead atoms. The molecule has 23 heavy (non-hydrogen) atoms. The SMILES string of the molecule is N=Cc1ccc(NC(=O)CC23CC4CC(CC(C4)C2)C3)cc1N. The Bertz CT molecular complexity index is 617. The number of anilines is 2. The van der Waals surface area contributed by atoms with E-state index in [1.165, 1.54) is 44.7 Å². The van der Waals surface area contributed by atoms with E-state index < -0.39 is 0 Å². The highest BCUT2D eigenvalue weighted by atomic mass is 16.1. The van der Waals surface area contributed by atoms with E-state index in [9.17, 15) is 4.79 Å². The number of rotatable bonds is 4. The highest BCUT2D eigenvalue weighted by Gasteiger charge is 2.51. The van der Waals surface area contributed by atoms with Crippen LogP contribution in [-0.4, -0.2) is 12.1 Å². The van der Waals surface area contributed by atoms with E-state index >= 15 is 0 Å². The largest absolute Gasteiger partial charge is 0.398 e. The minimum Gasteiger partial charge on any atom is -0.398 e. The third-order valence-corrected chi connectivity index (χ3v) is 6.23. The Morgan fingerprint density at radius 2 is 1.83 bits per heavy atom. The molecule has 4 nitrogen and oxygen atoms in total.